The standard InChI is InChI=1S/C25H24ClNO4/c1-30-24-15-18(7-12-23(24)31-17-19-5-3-2-4-6-19)13-14-27-25(29)22(16-28)20-8-10-21(26)11-9-20/h2-12,15-16,22H,13-14,17H2,1H3,(H,27,29). The van der Waals surface area contributed by atoms with Crippen LogP contribution in [-0.2, 0) is 22.6 Å². The molecule has 3 aromatic carbocycles. The van der Waals surface area contributed by atoms with Crippen molar-refractivity contribution in [3.8, 4) is 11.5 Å². The molecule has 0 fully saturated rings. The lowest BCUT2D eigenvalue weighted by atomic mass is 10.00. The number of carbonyl (C=O) groups excluding carboxylic acids is 2. The molecule has 160 valence electrons. The van der Waals surface area contributed by atoms with Gasteiger partial charge in [-0.2, -0.15) is 0 Å². The summed E-state index contributed by atoms with van der Waals surface area (Å²) in [5.74, 6) is 0.0854. The number of carbonyl (C=O) groups is 2. The smallest absolute Gasteiger partial charge is 0.234 e. The predicted octanol–water partition coefficient (Wildman–Crippen LogP) is 4.57. The van der Waals surface area contributed by atoms with Crippen LogP contribution in [0.2, 0.25) is 5.02 Å². The molecule has 1 unspecified atom stereocenters. The van der Waals surface area contributed by atoms with E-state index in [9.17, 15) is 9.59 Å². The minimum Gasteiger partial charge on any atom is -0.493 e. The third kappa shape index (κ3) is 6.33. The first-order chi connectivity index (χ1) is 15.1. The molecular weight excluding hydrogens is 414 g/mol. The molecule has 0 aromatic heterocycles. The first-order valence-corrected chi connectivity index (χ1v) is 10.3. The Morgan fingerprint density at radius 1 is 1.00 bits per heavy atom. The van der Waals surface area contributed by atoms with E-state index in [2.05, 4.69) is 5.32 Å². The normalized spacial score (nSPS) is 11.4. The highest BCUT2D eigenvalue weighted by Gasteiger charge is 2.19. The average molecular weight is 438 g/mol. The van der Waals surface area contributed by atoms with Crippen molar-refractivity contribution in [1.29, 1.82) is 0 Å². The molecule has 0 spiro atoms. The summed E-state index contributed by atoms with van der Waals surface area (Å²) in [5.41, 5.74) is 2.67. The van der Waals surface area contributed by atoms with Crippen molar-refractivity contribution in [2.45, 2.75) is 18.9 Å². The van der Waals surface area contributed by atoms with Crippen LogP contribution in [0.25, 0.3) is 0 Å². The fourth-order valence-electron chi connectivity index (χ4n) is 3.12. The summed E-state index contributed by atoms with van der Waals surface area (Å²) in [6.45, 7) is 0.842. The minimum atomic E-state index is -0.861. The van der Waals surface area contributed by atoms with E-state index in [0.29, 0.717) is 47.9 Å². The van der Waals surface area contributed by atoms with Gasteiger partial charge in [0.15, 0.2) is 11.5 Å². The third-order valence-electron chi connectivity index (χ3n) is 4.83. The van der Waals surface area contributed by atoms with Crippen LogP contribution in [0.5, 0.6) is 11.5 Å². The van der Waals surface area contributed by atoms with Crippen LogP contribution in [0.15, 0.2) is 72.8 Å². The van der Waals surface area contributed by atoms with Gasteiger partial charge in [-0.25, -0.2) is 0 Å². The van der Waals surface area contributed by atoms with Crippen molar-refractivity contribution < 1.29 is 19.1 Å². The Morgan fingerprint density at radius 2 is 1.74 bits per heavy atom. The molecule has 0 heterocycles. The molecule has 3 aromatic rings. The maximum Gasteiger partial charge on any atom is 0.234 e. The summed E-state index contributed by atoms with van der Waals surface area (Å²) in [5, 5.41) is 3.37. The second-order valence-electron chi connectivity index (χ2n) is 6.97. The lowest BCUT2D eigenvalue weighted by Gasteiger charge is -2.14. The number of nitrogens with one attached hydrogen (secondary N) is 1. The first-order valence-electron chi connectivity index (χ1n) is 9.93. The molecule has 1 amide bonds. The second-order valence-corrected chi connectivity index (χ2v) is 7.40. The van der Waals surface area contributed by atoms with Crippen molar-refractivity contribution in [2.24, 2.45) is 0 Å². The van der Waals surface area contributed by atoms with Crippen LogP contribution >= 0.6 is 11.6 Å². The van der Waals surface area contributed by atoms with E-state index in [-0.39, 0.29) is 5.91 Å². The van der Waals surface area contributed by atoms with Crippen molar-refractivity contribution in [1.82, 2.24) is 5.32 Å². The Morgan fingerprint density at radius 3 is 2.42 bits per heavy atom. The molecule has 5 nitrogen and oxygen atoms in total. The largest absolute Gasteiger partial charge is 0.493 e. The summed E-state index contributed by atoms with van der Waals surface area (Å²) in [7, 11) is 1.59. The number of methoxy groups -OCH3 is 1. The maximum absolute atomic E-state index is 12.4. The molecule has 31 heavy (non-hydrogen) atoms. The Labute approximate surface area is 187 Å². The van der Waals surface area contributed by atoms with E-state index in [0.717, 1.165) is 11.1 Å². The molecule has 0 saturated heterocycles. The summed E-state index contributed by atoms with van der Waals surface area (Å²) in [4.78, 5) is 23.9. The molecule has 0 bridgehead atoms. The third-order valence-corrected chi connectivity index (χ3v) is 5.08. The van der Waals surface area contributed by atoms with Crippen LogP contribution in [0.1, 0.15) is 22.6 Å². The number of halogens is 1. The highest BCUT2D eigenvalue weighted by Crippen LogP contribution is 2.29. The zero-order valence-corrected chi connectivity index (χ0v) is 18.0. The number of hydrogen-bond donors (Lipinski definition) is 1. The summed E-state index contributed by atoms with van der Waals surface area (Å²) >= 11 is 5.87. The number of aldehydes is 1. The quantitative estimate of drug-likeness (QED) is 0.373. The zero-order valence-electron chi connectivity index (χ0n) is 17.2. The highest BCUT2D eigenvalue weighted by molar-refractivity contribution is 6.30. The van der Waals surface area contributed by atoms with Gasteiger partial charge in [-0.05, 0) is 47.4 Å². The van der Waals surface area contributed by atoms with Gasteiger partial charge in [0.25, 0.3) is 0 Å². The van der Waals surface area contributed by atoms with E-state index in [4.69, 9.17) is 21.1 Å². The van der Waals surface area contributed by atoms with Gasteiger partial charge in [-0.1, -0.05) is 60.1 Å². The van der Waals surface area contributed by atoms with Gasteiger partial charge in [0.1, 0.15) is 18.8 Å². The Hall–Kier alpha value is -3.31. The number of benzene rings is 3. The van der Waals surface area contributed by atoms with Crippen molar-refractivity contribution in [2.75, 3.05) is 13.7 Å². The molecule has 6 heteroatoms. The minimum absolute atomic E-state index is 0.341. The van der Waals surface area contributed by atoms with Gasteiger partial charge in [0.05, 0.1) is 7.11 Å². The topological polar surface area (TPSA) is 64.6 Å². The molecule has 3 rings (SSSR count). The van der Waals surface area contributed by atoms with Crippen molar-refractivity contribution in [3.63, 3.8) is 0 Å². The molecule has 1 N–H and O–H groups in total. The van der Waals surface area contributed by atoms with Gasteiger partial charge < -0.3 is 19.6 Å². The van der Waals surface area contributed by atoms with Gasteiger partial charge in [-0.3, -0.25) is 4.79 Å². The van der Waals surface area contributed by atoms with Crippen LogP contribution in [0, 0.1) is 0 Å². The summed E-state index contributed by atoms with van der Waals surface area (Å²) in [6, 6.07) is 22.3. The maximum atomic E-state index is 12.4. The van der Waals surface area contributed by atoms with E-state index >= 15 is 0 Å². The fourth-order valence-corrected chi connectivity index (χ4v) is 3.25. The predicted molar refractivity (Wildman–Crippen MR) is 121 cm³/mol. The van der Waals surface area contributed by atoms with Gasteiger partial charge in [-0.15, -0.1) is 0 Å². The average Bonchev–Trinajstić information content (AvgIpc) is 2.80. The Balaban J connectivity index is 1.55. The molecule has 0 aliphatic rings. The van der Waals surface area contributed by atoms with E-state index < -0.39 is 5.92 Å². The summed E-state index contributed by atoms with van der Waals surface area (Å²) < 4.78 is 11.3. The fraction of sp³-hybridized carbons (Fsp3) is 0.200. The monoisotopic (exact) mass is 437 g/mol. The van der Waals surface area contributed by atoms with E-state index in [1.807, 2.05) is 48.5 Å². The van der Waals surface area contributed by atoms with Crippen LogP contribution < -0.4 is 14.8 Å². The van der Waals surface area contributed by atoms with E-state index in [1.165, 1.54) is 0 Å². The van der Waals surface area contributed by atoms with Gasteiger partial charge in [0.2, 0.25) is 5.91 Å². The van der Waals surface area contributed by atoms with Gasteiger partial charge in [0, 0.05) is 11.6 Å². The highest BCUT2D eigenvalue weighted by atomic mass is 35.5. The Kier molecular flexibility index (Phi) is 8.07. The summed E-state index contributed by atoms with van der Waals surface area (Å²) in [6.07, 6.45) is 1.23. The number of amides is 1. The van der Waals surface area contributed by atoms with Crippen LogP contribution in [0.3, 0.4) is 0 Å². The second kappa shape index (κ2) is 11.2. The lowest BCUT2D eigenvalue weighted by Crippen LogP contribution is -2.31. The lowest BCUT2D eigenvalue weighted by molar-refractivity contribution is -0.125. The van der Waals surface area contributed by atoms with Crippen molar-refractivity contribution in [3.05, 3.63) is 94.5 Å². The van der Waals surface area contributed by atoms with Crippen LogP contribution in [0.4, 0.5) is 0 Å². The van der Waals surface area contributed by atoms with Crippen molar-refractivity contribution >= 4 is 23.8 Å². The molecule has 0 aliphatic carbocycles. The molecular formula is C25H24ClNO4. The molecule has 0 aliphatic heterocycles. The number of hydrogen-bond acceptors (Lipinski definition) is 4. The molecule has 0 radical (unpaired) electrons. The Bertz CT molecular complexity index is 1010. The molecule has 1 atom stereocenters. The molecule has 0 saturated carbocycles. The SMILES string of the molecule is COc1cc(CCNC(=O)C(C=O)c2ccc(Cl)cc2)ccc1OCc1ccccc1. The number of rotatable bonds is 10. The van der Waals surface area contributed by atoms with Gasteiger partial charge >= 0.3 is 0 Å². The van der Waals surface area contributed by atoms with E-state index in [1.54, 1.807) is 31.4 Å². The first kappa shape index (κ1) is 22.4. The zero-order chi connectivity index (χ0) is 22.1. The number of ether oxygens (including phenoxy) is 2. The van der Waals surface area contributed by atoms with Crippen LogP contribution in [-0.4, -0.2) is 25.8 Å².